The molecule has 200 valence electrons. The maximum absolute atomic E-state index is 13.7. The van der Waals surface area contributed by atoms with Crippen molar-refractivity contribution in [3.05, 3.63) is 101 Å². The van der Waals surface area contributed by atoms with Crippen molar-refractivity contribution in [3.63, 3.8) is 0 Å². The summed E-state index contributed by atoms with van der Waals surface area (Å²) < 4.78 is 16.6. The van der Waals surface area contributed by atoms with Gasteiger partial charge in [-0.15, -0.1) is 0 Å². The predicted molar refractivity (Wildman–Crippen MR) is 147 cm³/mol. The Balaban J connectivity index is 1.40. The van der Waals surface area contributed by atoms with Crippen molar-refractivity contribution >= 4 is 17.5 Å². The molecule has 0 radical (unpaired) electrons. The molecule has 0 amide bonds. The van der Waals surface area contributed by atoms with E-state index >= 15 is 0 Å². The number of allylic oxidation sites excluding steroid dienone is 2. The highest BCUT2D eigenvalue weighted by Crippen LogP contribution is 2.47. The highest BCUT2D eigenvalue weighted by molar-refractivity contribution is 6.09. The molecule has 1 heterocycles. The van der Waals surface area contributed by atoms with E-state index < -0.39 is 17.8 Å². The fourth-order valence-corrected chi connectivity index (χ4v) is 5.43. The van der Waals surface area contributed by atoms with Crippen molar-refractivity contribution in [3.8, 4) is 17.2 Å². The number of carbonyl (C=O) groups is 2. The van der Waals surface area contributed by atoms with Crippen LogP contribution in [0.1, 0.15) is 42.7 Å². The van der Waals surface area contributed by atoms with Crippen molar-refractivity contribution in [2.75, 3.05) is 20.3 Å². The third-order valence-electron chi connectivity index (χ3n) is 7.32. The second-order valence-electron chi connectivity index (χ2n) is 9.79. The number of hydrogen-bond acceptors (Lipinski definition) is 7. The van der Waals surface area contributed by atoms with Crippen molar-refractivity contribution in [2.24, 2.45) is 10.9 Å². The average Bonchev–Trinajstić information content (AvgIpc) is 2.95. The van der Waals surface area contributed by atoms with Gasteiger partial charge in [0.05, 0.1) is 7.11 Å². The van der Waals surface area contributed by atoms with E-state index in [0.29, 0.717) is 35.6 Å². The Labute approximate surface area is 227 Å². The molecule has 7 nitrogen and oxygen atoms in total. The molecule has 1 aliphatic heterocycles. The van der Waals surface area contributed by atoms with Crippen molar-refractivity contribution < 1.29 is 28.9 Å². The third kappa shape index (κ3) is 5.72. The van der Waals surface area contributed by atoms with Crippen LogP contribution in [-0.4, -0.2) is 42.9 Å². The molecule has 0 saturated heterocycles. The van der Waals surface area contributed by atoms with Gasteiger partial charge in [-0.1, -0.05) is 42.5 Å². The molecule has 7 heteroatoms. The molecule has 0 bridgehead atoms. The molecule has 5 rings (SSSR count). The number of benzene rings is 3. The second kappa shape index (κ2) is 11.6. The van der Waals surface area contributed by atoms with Crippen LogP contribution in [0.25, 0.3) is 0 Å². The Bertz CT molecular complexity index is 1390. The Morgan fingerprint density at radius 3 is 2.28 bits per heavy atom. The van der Waals surface area contributed by atoms with Gasteiger partial charge in [-0.2, -0.15) is 0 Å². The number of ketones is 1. The average molecular weight is 526 g/mol. The largest absolute Gasteiger partial charge is 0.508 e. The fraction of sp³-hybridized carbons (Fsp3) is 0.281. The van der Waals surface area contributed by atoms with E-state index in [1.807, 2.05) is 61.5 Å². The summed E-state index contributed by atoms with van der Waals surface area (Å²) in [5.41, 5.74) is 3.67. The lowest BCUT2D eigenvalue weighted by molar-refractivity contribution is -0.147. The summed E-state index contributed by atoms with van der Waals surface area (Å²) in [5, 5.41) is 9.88. The van der Waals surface area contributed by atoms with Crippen LogP contribution in [0.5, 0.6) is 17.2 Å². The standard InChI is InChI=1S/C32H31NO6/c1-20-29(32(36)39-17-16-38-26-6-4-3-5-7-26)30(22-8-12-24(34)13-9-22)31-27(33-20)18-23(19-28(31)35)21-10-14-25(37-2)15-11-21/h3-15,23,29-30,34H,16-19H2,1-2H3/t23-,29?,30-/m0/s1. The van der Waals surface area contributed by atoms with E-state index in [1.54, 1.807) is 31.4 Å². The minimum absolute atomic E-state index is 0.0159. The first kappa shape index (κ1) is 26.2. The monoisotopic (exact) mass is 525 g/mol. The first-order valence-electron chi connectivity index (χ1n) is 13.0. The molecule has 1 aliphatic carbocycles. The number of para-hydroxylation sites is 1. The second-order valence-corrected chi connectivity index (χ2v) is 9.79. The highest BCUT2D eigenvalue weighted by Gasteiger charge is 2.44. The van der Waals surface area contributed by atoms with E-state index in [-0.39, 0.29) is 30.7 Å². The zero-order chi connectivity index (χ0) is 27.4. The summed E-state index contributed by atoms with van der Waals surface area (Å²) in [4.78, 5) is 32.0. The SMILES string of the molecule is COc1ccc([C@@H]2CC(=O)C3=C(C2)N=C(C)C(C(=O)OCCOc2ccccc2)[C@@H]3c2ccc(O)cc2)cc1. The molecule has 39 heavy (non-hydrogen) atoms. The number of methoxy groups -OCH3 is 1. The number of esters is 1. The van der Waals surface area contributed by atoms with Crippen LogP contribution in [0, 0.1) is 5.92 Å². The molecular formula is C32H31NO6. The van der Waals surface area contributed by atoms with Crippen LogP contribution < -0.4 is 9.47 Å². The lowest BCUT2D eigenvalue weighted by Gasteiger charge is -2.36. The third-order valence-corrected chi connectivity index (χ3v) is 7.32. The molecular weight excluding hydrogens is 494 g/mol. The number of hydrogen-bond donors (Lipinski definition) is 1. The Kier molecular flexibility index (Phi) is 7.77. The van der Waals surface area contributed by atoms with Gasteiger partial charge in [-0.05, 0) is 66.8 Å². The first-order valence-corrected chi connectivity index (χ1v) is 13.0. The molecule has 3 aromatic carbocycles. The summed E-state index contributed by atoms with van der Waals surface area (Å²) in [7, 11) is 1.62. The Hall–Kier alpha value is -4.39. The van der Waals surface area contributed by atoms with Crippen LogP contribution in [0.3, 0.4) is 0 Å². The van der Waals surface area contributed by atoms with Gasteiger partial charge in [0.2, 0.25) is 0 Å². The minimum Gasteiger partial charge on any atom is -0.508 e. The maximum atomic E-state index is 13.7. The zero-order valence-corrected chi connectivity index (χ0v) is 22.0. The van der Waals surface area contributed by atoms with E-state index in [2.05, 4.69) is 0 Å². The normalized spacial score (nSPS) is 20.6. The summed E-state index contributed by atoms with van der Waals surface area (Å²) >= 11 is 0. The highest BCUT2D eigenvalue weighted by atomic mass is 16.6. The van der Waals surface area contributed by atoms with Crippen molar-refractivity contribution in [1.29, 1.82) is 0 Å². The number of Topliss-reactive ketones (excluding diaryl/α,β-unsaturated/α-hetero) is 1. The smallest absolute Gasteiger partial charge is 0.315 e. The zero-order valence-electron chi connectivity index (χ0n) is 22.0. The Morgan fingerprint density at radius 2 is 1.59 bits per heavy atom. The summed E-state index contributed by atoms with van der Waals surface area (Å²) in [6.45, 7) is 2.09. The molecule has 0 spiro atoms. The maximum Gasteiger partial charge on any atom is 0.315 e. The lowest BCUT2D eigenvalue weighted by Crippen LogP contribution is -2.38. The van der Waals surface area contributed by atoms with Gasteiger partial charge in [-0.3, -0.25) is 14.6 Å². The number of nitrogens with zero attached hydrogens (tertiary/aromatic N) is 1. The van der Waals surface area contributed by atoms with Crippen LogP contribution >= 0.6 is 0 Å². The molecule has 0 fully saturated rings. The van der Waals surface area contributed by atoms with Gasteiger partial charge in [0, 0.05) is 29.3 Å². The van der Waals surface area contributed by atoms with E-state index in [4.69, 9.17) is 19.2 Å². The number of ether oxygens (including phenoxy) is 3. The van der Waals surface area contributed by atoms with Crippen molar-refractivity contribution in [1.82, 2.24) is 0 Å². The number of phenols is 1. The van der Waals surface area contributed by atoms with Gasteiger partial charge >= 0.3 is 5.97 Å². The van der Waals surface area contributed by atoms with Gasteiger partial charge in [0.15, 0.2) is 5.78 Å². The molecule has 1 N–H and O–H groups in total. The molecule has 2 aliphatic rings. The number of aromatic hydroxyl groups is 1. The topological polar surface area (TPSA) is 94.4 Å². The molecule has 0 aromatic heterocycles. The minimum atomic E-state index is -0.758. The van der Waals surface area contributed by atoms with E-state index in [0.717, 1.165) is 16.9 Å². The molecule has 0 saturated carbocycles. The van der Waals surface area contributed by atoms with E-state index in [1.165, 1.54) is 0 Å². The number of rotatable bonds is 8. The molecule has 1 unspecified atom stereocenters. The van der Waals surface area contributed by atoms with Gasteiger partial charge in [-0.25, -0.2) is 0 Å². The summed E-state index contributed by atoms with van der Waals surface area (Å²) in [5.74, 6) is -0.246. The Morgan fingerprint density at radius 1 is 0.897 bits per heavy atom. The number of aliphatic imine (C=N–C) groups is 1. The summed E-state index contributed by atoms with van der Waals surface area (Å²) in [6, 6.07) is 23.7. The van der Waals surface area contributed by atoms with Crippen LogP contribution in [0.15, 0.2) is 95.1 Å². The first-order chi connectivity index (χ1) is 18.9. The number of phenolic OH excluding ortho intramolecular Hbond substituents is 1. The number of carbonyl (C=O) groups excluding carboxylic acids is 2. The lowest BCUT2D eigenvalue weighted by atomic mass is 9.69. The van der Waals surface area contributed by atoms with Crippen LogP contribution in [0.2, 0.25) is 0 Å². The molecule has 3 atom stereocenters. The van der Waals surface area contributed by atoms with Gasteiger partial charge < -0.3 is 19.3 Å². The van der Waals surface area contributed by atoms with Crippen molar-refractivity contribution in [2.45, 2.75) is 31.6 Å². The fourth-order valence-electron chi connectivity index (χ4n) is 5.43. The summed E-state index contributed by atoms with van der Waals surface area (Å²) in [6.07, 6.45) is 0.910. The van der Waals surface area contributed by atoms with Gasteiger partial charge in [0.25, 0.3) is 0 Å². The van der Waals surface area contributed by atoms with Crippen LogP contribution in [-0.2, 0) is 14.3 Å². The van der Waals surface area contributed by atoms with Gasteiger partial charge in [0.1, 0.15) is 36.4 Å². The predicted octanol–water partition coefficient (Wildman–Crippen LogP) is 5.60. The molecule has 3 aromatic rings. The van der Waals surface area contributed by atoms with E-state index in [9.17, 15) is 14.7 Å². The van der Waals surface area contributed by atoms with Crippen LogP contribution in [0.4, 0.5) is 0 Å². The quantitative estimate of drug-likeness (QED) is 0.304.